The van der Waals surface area contributed by atoms with Gasteiger partial charge in [-0.05, 0) is 31.7 Å². The van der Waals surface area contributed by atoms with Gasteiger partial charge in [-0.2, -0.15) is 0 Å². The molecular weight excluding hydrogens is 332 g/mol. The monoisotopic (exact) mass is 360 g/mol. The van der Waals surface area contributed by atoms with Crippen molar-refractivity contribution in [2.45, 2.75) is 51.8 Å². The van der Waals surface area contributed by atoms with Gasteiger partial charge in [0.2, 0.25) is 0 Å². The van der Waals surface area contributed by atoms with E-state index in [9.17, 15) is 0 Å². The minimum absolute atomic E-state index is 0.337. The molecule has 1 aliphatic rings. The van der Waals surface area contributed by atoms with Crippen LogP contribution in [0.5, 0.6) is 5.75 Å². The van der Waals surface area contributed by atoms with Crippen LogP contribution in [0.15, 0.2) is 29.6 Å². The zero-order valence-electron chi connectivity index (χ0n) is 15.2. The molecule has 1 fully saturated rings. The third kappa shape index (κ3) is 5.27. The summed E-state index contributed by atoms with van der Waals surface area (Å²) in [5.41, 5.74) is 2.38. The predicted octanol–water partition coefficient (Wildman–Crippen LogP) is 4.29. The standard InChI is InChI=1S/C20H28N2O2S/c1-3-7-20-21-17(15-25-20)13-22(14-18-9-6-11-24-18)12-16-8-4-5-10-19(16)23-2/h4-5,8,10,15,18H,3,6-7,9,11-14H2,1-2H3. The van der Waals surface area contributed by atoms with Gasteiger partial charge in [0.05, 0.1) is 23.9 Å². The average Bonchev–Trinajstić information content (AvgIpc) is 3.28. The molecule has 0 N–H and O–H groups in total. The smallest absolute Gasteiger partial charge is 0.123 e. The molecule has 0 saturated carbocycles. The number of ether oxygens (including phenoxy) is 2. The Hall–Kier alpha value is -1.43. The van der Waals surface area contributed by atoms with Crippen molar-refractivity contribution in [3.63, 3.8) is 0 Å². The topological polar surface area (TPSA) is 34.6 Å². The molecule has 1 aromatic carbocycles. The Morgan fingerprint density at radius 2 is 2.20 bits per heavy atom. The minimum atomic E-state index is 0.337. The van der Waals surface area contributed by atoms with Gasteiger partial charge in [-0.15, -0.1) is 11.3 Å². The van der Waals surface area contributed by atoms with E-state index in [1.165, 1.54) is 22.7 Å². The third-order valence-corrected chi connectivity index (χ3v) is 5.48. The maximum atomic E-state index is 5.87. The maximum Gasteiger partial charge on any atom is 0.123 e. The van der Waals surface area contributed by atoms with Gasteiger partial charge >= 0.3 is 0 Å². The first-order valence-electron chi connectivity index (χ1n) is 9.17. The zero-order chi connectivity index (χ0) is 17.5. The molecule has 0 spiro atoms. The first-order chi connectivity index (χ1) is 12.3. The molecule has 2 heterocycles. The van der Waals surface area contributed by atoms with Gasteiger partial charge in [-0.1, -0.05) is 25.1 Å². The molecular formula is C20H28N2O2S. The van der Waals surface area contributed by atoms with Gasteiger partial charge in [0.15, 0.2) is 0 Å². The van der Waals surface area contributed by atoms with E-state index in [2.05, 4.69) is 29.3 Å². The molecule has 136 valence electrons. The Balaban J connectivity index is 1.71. The van der Waals surface area contributed by atoms with Crippen LogP contribution in [0, 0.1) is 0 Å². The Kier molecular flexibility index (Phi) is 6.84. The summed E-state index contributed by atoms with van der Waals surface area (Å²) in [7, 11) is 1.74. The lowest BCUT2D eigenvalue weighted by atomic mass is 10.1. The van der Waals surface area contributed by atoms with E-state index in [1.807, 2.05) is 12.1 Å². The maximum absolute atomic E-state index is 5.87. The summed E-state index contributed by atoms with van der Waals surface area (Å²) in [5.74, 6) is 0.949. The molecule has 3 rings (SSSR count). The van der Waals surface area contributed by atoms with E-state index in [4.69, 9.17) is 14.5 Å². The van der Waals surface area contributed by atoms with Crippen LogP contribution in [0.2, 0.25) is 0 Å². The molecule has 1 atom stereocenters. The highest BCUT2D eigenvalue weighted by atomic mass is 32.1. The van der Waals surface area contributed by atoms with Crippen molar-refractivity contribution in [2.75, 3.05) is 20.3 Å². The molecule has 2 aromatic rings. The largest absolute Gasteiger partial charge is 0.496 e. The third-order valence-electron chi connectivity index (χ3n) is 4.52. The lowest BCUT2D eigenvalue weighted by Gasteiger charge is -2.25. The van der Waals surface area contributed by atoms with Crippen LogP contribution in [0.25, 0.3) is 0 Å². The second kappa shape index (κ2) is 9.32. The van der Waals surface area contributed by atoms with Crippen molar-refractivity contribution in [2.24, 2.45) is 0 Å². The molecule has 0 aliphatic carbocycles. The van der Waals surface area contributed by atoms with Crippen LogP contribution < -0.4 is 4.74 Å². The van der Waals surface area contributed by atoms with Crippen molar-refractivity contribution in [3.05, 3.63) is 45.9 Å². The van der Waals surface area contributed by atoms with Crippen LogP contribution in [0.1, 0.15) is 42.5 Å². The summed E-state index contributed by atoms with van der Waals surface area (Å²) in [6.07, 6.45) is 4.88. The number of hydrogen-bond acceptors (Lipinski definition) is 5. The molecule has 1 aromatic heterocycles. The van der Waals surface area contributed by atoms with Gasteiger partial charge in [0, 0.05) is 37.2 Å². The number of nitrogens with zero attached hydrogens (tertiary/aromatic N) is 2. The fourth-order valence-electron chi connectivity index (χ4n) is 3.32. The predicted molar refractivity (Wildman–Crippen MR) is 102 cm³/mol. The molecule has 1 unspecified atom stereocenters. The van der Waals surface area contributed by atoms with Crippen molar-refractivity contribution < 1.29 is 9.47 Å². The molecule has 4 nitrogen and oxygen atoms in total. The lowest BCUT2D eigenvalue weighted by Crippen LogP contribution is -2.31. The summed E-state index contributed by atoms with van der Waals surface area (Å²) >= 11 is 1.78. The number of benzene rings is 1. The van der Waals surface area contributed by atoms with E-state index in [0.717, 1.165) is 51.3 Å². The summed E-state index contributed by atoms with van der Waals surface area (Å²) < 4.78 is 11.4. The van der Waals surface area contributed by atoms with Gasteiger partial charge in [0.25, 0.3) is 0 Å². The van der Waals surface area contributed by atoms with E-state index in [1.54, 1.807) is 18.4 Å². The molecule has 25 heavy (non-hydrogen) atoms. The lowest BCUT2D eigenvalue weighted by molar-refractivity contribution is 0.0672. The summed E-state index contributed by atoms with van der Waals surface area (Å²) in [5, 5.41) is 3.45. The second-order valence-electron chi connectivity index (χ2n) is 6.60. The summed E-state index contributed by atoms with van der Waals surface area (Å²) in [4.78, 5) is 7.25. The first kappa shape index (κ1) is 18.4. The molecule has 0 amide bonds. The van der Waals surface area contributed by atoms with E-state index < -0.39 is 0 Å². The quantitative estimate of drug-likeness (QED) is 0.668. The Morgan fingerprint density at radius 1 is 1.32 bits per heavy atom. The molecule has 0 bridgehead atoms. The Bertz CT molecular complexity index is 653. The van der Waals surface area contributed by atoms with Gasteiger partial charge < -0.3 is 9.47 Å². The molecule has 0 radical (unpaired) electrons. The average molecular weight is 361 g/mol. The van der Waals surface area contributed by atoms with Crippen LogP contribution in [-0.4, -0.2) is 36.2 Å². The zero-order valence-corrected chi connectivity index (χ0v) is 16.1. The summed E-state index contributed by atoms with van der Waals surface area (Å²) in [6, 6.07) is 8.27. The van der Waals surface area contributed by atoms with Crippen molar-refractivity contribution in [1.29, 1.82) is 0 Å². The Labute approximate surface area is 154 Å². The minimum Gasteiger partial charge on any atom is -0.496 e. The highest BCUT2D eigenvalue weighted by Gasteiger charge is 2.21. The number of rotatable bonds is 9. The molecule has 1 saturated heterocycles. The number of para-hydroxylation sites is 1. The Morgan fingerprint density at radius 3 is 2.96 bits per heavy atom. The van der Waals surface area contributed by atoms with Crippen LogP contribution >= 0.6 is 11.3 Å². The van der Waals surface area contributed by atoms with Gasteiger partial charge in [0.1, 0.15) is 5.75 Å². The number of hydrogen-bond donors (Lipinski definition) is 0. The van der Waals surface area contributed by atoms with Crippen LogP contribution in [0.3, 0.4) is 0 Å². The fraction of sp³-hybridized carbons (Fsp3) is 0.550. The number of thiazole rings is 1. The number of aryl methyl sites for hydroxylation is 1. The number of methoxy groups -OCH3 is 1. The normalized spacial score (nSPS) is 17.3. The van der Waals surface area contributed by atoms with Crippen molar-refractivity contribution in [3.8, 4) is 5.75 Å². The van der Waals surface area contributed by atoms with E-state index in [-0.39, 0.29) is 0 Å². The van der Waals surface area contributed by atoms with Crippen molar-refractivity contribution >= 4 is 11.3 Å². The van der Waals surface area contributed by atoms with Crippen LogP contribution in [0.4, 0.5) is 0 Å². The van der Waals surface area contributed by atoms with E-state index in [0.29, 0.717) is 6.10 Å². The van der Waals surface area contributed by atoms with Gasteiger partial charge in [-0.25, -0.2) is 4.98 Å². The van der Waals surface area contributed by atoms with Crippen molar-refractivity contribution in [1.82, 2.24) is 9.88 Å². The summed E-state index contributed by atoms with van der Waals surface area (Å²) in [6.45, 7) is 5.75. The van der Waals surface area contributed by atoms with Gasteiger partial charge in [-0.3, -0.25) is 4.90 Å². The highest BCUT2D eigenvalue weighted by Crippen LogP contribution is 2.23. The van der Waals surface area contributed by atoms with Crippen LogP contribution in [-0.2, 0) is 24.2 Å². The first-order valence-corrected chi connectivity index (χ1v) is 10.1. The molecule has 1 aliphatic heterocycles. The van der Waals surface area contributed by atoms with E-state index >= 15 is 0 Å². The fourth-order valence-corrected chi connectivity index (χ4v) is 4.21. The highest BCUT2D eigenvalue weighted by molar-refractivity contribution is 7.09. The number of aromatic nitrogens is 1. The second-order valence-corrected chi connectivity index (χ2v) is 7.54. The molecule has 5 heteroatoms. The SMILES string of the molecule is CCCc1nc(CN(Cc2ccccc2OC)CC2CCCO2)cs1.